The van der Waals surface area contributed by atoms with E-state index in [9.17, 15) is 4.79 Å². The van der Waals surface area contributed by atoms with Crippen molar-refractivity contribution in [2.45, 2.75) is 33.2 Å². The maximum Gasteiger partial charge on any atom is 0.138 e. The lowest BCUT2D eigenvalue weighted by Gasteiger charge is -2.31. The average molecular weight is 270 g/mol. The first-order valence-electron chi connectivity index (χ1n) is 6.46. The van der Waals surface area contributed by atoms with Crippen LogP contribution in [0.2, 0.25) is 5.02 Å². The van der Waals surface area contributed by atoms with Crippen molar-refractivity contribution < 1.29 is 4.79 Å². The average Bonchev–Trinajstić information content (AvgIpc) is 2.58. The zero-order valence-electron chi connectivity index (χ0n) is 11.2. The number of halogens is 1. The fourth-order valence-electron chi connectivity index (χ4n) is 2.54. The van der Waals surface area contributed by atoms with Gasteiger partial charge < -0.3 is 0 Å². The highest BCUT2D eigenvalue weighted by molar-refractivity contribution is 6.31. The number of carbonyl (C=O) groups excluding carboxylic acids is 1. The molecule has 2 rings (SSSR count). The monoisotopic (exact) mass is 269 g/mol. The maximum absolute atomic E-state index is 11.7. The number of hydrogen-bond acceptors (Lipinski definition) is 3. The predicted molar refractivity (Wildman–Crippen MR) is 71.6 cm³/mol. The molecule has 4 nitrogen and oxygen atoms in total. The quantitative estimate of drug-likeness (QED) is 0.844. The second-order valence-electron chi connectivity index (χ2n) is 5.03. The van der Waals surface area contributed by atoms with Gasteiger partial charge in [-0.3, -0.25) is 14.4 Å². The van der Waals surface area contributed by atoms with Crippen LogP contribution in [0.25, 0.3) is 0 Å². The number of carbonyl (C=O) groups is 1. The molecule has 0 aliphatic carbocycles. The minimum atomic E-state index is 0.187. The SMILES string of the molecule is CCC1CN(Cc2c(Cl)c(C)nn2C)CCC1=O. The van der Waals surface area contributed by atoms with Crippen molar-refractivity contribution in [3.63, 3.8) is 0 Å². The van der Waals surface area contributed by atoms with E-state index >= 15 is 0 Å². The van der Waals surface area contributed by atoms with Gasteiger partial charge in [0.25, 0.3) is 0 Å². The third kappa shape index (κ3) is 2.59. The number of aromatic nitrogens is 2. The van der Waals surface area contributed by atoms with Crippen molar-refractivity contribution in [1.82, 2.24) is 14.7 Å². The molecule has 0 N–H and O–H groups in total. The van der Waals surface area contributed by atoms with Crippen LogP contribution in [0, 0.1) is 12.8 Å². The lowest BCUT2D eigenvalue weighted by molar-refractivity contribution is -0.126. The molecule has 18 heavy (non-hydrogen) atoms. The van der Waals surface area contributed by atoms with Crippen molar-refractivity contribution in [3.8, 4) is 0 Å². The highest BCUT2D eigenvalue weighted by atomic mass is 35.5. The smallest absolute Gasteiger partial charge is 0.138 e. The zero-order chi connectivity index (χ0) is 13.3. The summed E-state index contributed by atoms with van der Waals surface area (Å²) in [6, 6.07) is 0. The van der Waals surface area contributed by atoms with Gasteiger partial charge in [0.2, 0.25) is 0 Å². The second kappa shape index (κ2) is 5.41. The summed E-state index contributed by atoms with van der Waals surface area (Å²) in [6.45, 7) is 6.44. The van der Waals surface area contributed by atoms with Crippen LogP contribution >= 0.6 is 11.6 Å². The van der Waals surface area contributed by atoms with E-state index in [4.69, 9.17) is 11.6 Å². The first kappa shape index (κ1) is 13.6. The molecule has 0 radical (unpaired) electrons. The molecule has 5 heteroatoms. The van der Waals surface area contributed by atoms with Crippen molar-refractivity contribution in [2.24, 2.45) is 13.0 Å². The minimum Gasteiger partial charge on any atom is -0.299 e. The maximum atomic E-state index is 11.7. The molecular formula is C13H20ClN3O. The van der Waals surface area contributed by atoms with Gasteiger partial charge in [-0.25, -0.2) is 0 Å². The number of nitrogens with zero attached hydrogens (tertiary/aromatic N) is 3. The molecule has 1 aliphatic heterocycles. The lowest BCUT2D eigenvalue weighted by Crippen LogP contribution is -2.40. The topological polar surface area (TPSA) is 38.1 Å². The van der Waals surface area contributed by atoms with Crippen molar-refractivity contribution in [2.75, 3.05) is 13.1 Å². The highest BCUT2D eigenvalue weighted by Crippen LogP contribution is 2.23. The van der Waals surface area contributed by atoms with Crippen LogP contribution in [0.4, 0.5) is 0 Å². The summed E-state index contributed by atoms with van der Waals surface area (Å²) in [5.74, 6) is 0.591. The van der Waals surface area contributed by atoms with E-state index in [2.05, 4.69) is 16.9 Å². The number of hydrogen-bond donors (Lipinski definition) is 0. The number of Topliss-reactive ketones (excluding diaryl/α,β-unsaturated/α-hetero) is 1. The van der Waals surface area contributed by atoms with Gasteiger partial charge in [0, 0.05) is 39.0 Å². The molecule has 1 aromatic heterocycles. The molecule has 1 saturated heterocycles. The van der Waals surface area contributed by atoms with Gasteiger partial charge >= 0.3 is 0 Å². The summed E-state index contributed by atoms with van der Waals surface area (Å²) < 4.78 is 1.84. The van der Waals surface area contributed by atoms with Crippen LogP contribution < -0.4 is 0 Å². The van der Waals surface area contributed by atoms with Crippen LogP contribution in [0.1, 0.15) is 31.2 Å². The van der Waals surface area contributed by atoms with Crippen LogP contribution in [0.3, 0.4) is 0 Å². The van der Waals surface area contributed by atoms with E-state index in [-0.39, 0.29) is 5.92 Å². The Morgan fingerprint density at radius 2 is 2.22 bits per heavy atom. The molecule has 1 fully saturated rings. The Morgan fingerprint density at radius 3 is 2.78 bits per heavy atom. The molecule has 1 atom stereocenters. The summed E-state index contributed by atoms with van der Waals surface area (Å²) in [6.07, 6.45) is 1.58. The van der Waals surface area contributed by atoms with Gasteiger partial charge in [0.05, 0.1) is 16.4 Å². The summed E-state index contributed by atoms with van der Waals surface area (Å²) >= 11 is 6.26. The van der Waals surface area contributed by atoms with E-state index < -0.39 is 0 Å². The molecule has 1 aliphatic rings. The van der Waals surface area contributed by atoms with Crippen LogP contribution in [0.5, 0.6) is 0 Å². The Kier molecular flexibility index (Phi) is 4.07. The number of ketones is 1. The van der Waals surface area contributed by atoms with Crippen molar-refractivity contribution in [3.05, 3.63) is 16.4 Å². The van der Waals surface area contributed by atoms with Gasteiger partial charge in [0.15, 0.2) is 0 Å². The van der Waals surface area contributed by atoms with Crippen molar-refractivity contribution in [1.29, 1.82) is 0 Å². The highest BCUT2D eigenvalue weighted by Gasteiger charge is 2.26. The summed E-state index contributed by atoms with van der Waals surface area (Å²) in [5, 5.41) is 5.07. The third-order valence-electron chi connectivity index (χ3n) is 3.74. The number of aryl methyl sites for hydroxylation is 2. The van der Waals surface area contributed by atoms with Crippen molar-refractivity contribution >= 4 is 17.4 Å². The Balaban J connectivity index is 2.08. The Morgan fingerprint density at radius 1 is 1.50 bits per heavy atom. The Bertz CT molecular complexity index is 455. The molecule has 100 valence electrons. The molecule has 2 heterocycles. The number of likely N-dealkylation sites (tertiary alicyclic amines) is 1. The van der Waals surface area contributed by atoms with E-state index in [0.29, 0.717) is 12.2 Å². The largest absolute Gasteiger partial charge is 0.299 e. The van der Waals surface area contributed by atoms with E-state index in [1.807, 2.05) is 18.7 Å². The molecule has 0 bridgehead atoms. The third-order valence-corrected chi connectivity index (χ3v) is 4.23. The lowest BCUT2D eigenvalue weighted by atomic mass is 9.94. The minimum absolute atomic E-state index is 0.187. The molecule has 0 amide bonds. The summed E-state index contributed by atoms with van der Waals surface area (Å²) in [5.41, 5.74) is 1.91. The Hall–Kier alpha value is -0.870. The molecular weight excluding hydrogens is 250 g/mol. The van der Waals surface area contributed by atoms with Crippen LogP contribution in [-0.4, -0.2) is 33.6 Å². The molecule has 0 saturated carbocycles. The van der Waals surface area contributed by atoms with Crippen LogP contribution in [-0.2, 0) is 18.4 Å². The zero-order valence-corrected chi connectivity index (χ0v) is 12.0. The van der Waals surface area contributed by atoms with Gasteiger partial charge in [-0.05, 0) is 13.3 Å². The number of piperidine rings is 1. The predicted octanol–water partition coefficient (Wildman–Crippen LogP) is 2.18. The number of rotatable bonds is 3. The van der Waals surface area contributed by atoms with Gasteiger partial charge in [0.1, 0.15) is 5.78 Å². The first-order valence-corrected chi connectivity index (χ1v) is 6.83. The standard InChI is InChI=1S/C13H20ClN3O/c1-4-10-7-17(6-5-12(10)18)8-11-13(14)9(2)15-16(11)3/h10H,4-8H2,1-3H3. The fraction of sp³-hybridized carbons (Fsp3) is 0.692. The van der Waals surface area contributed by atoms with E-state index in [0.717, 1.165) is 42.5 Å². The second-order valence-corrected chi connectivity index (χ2v) is 5.40. The summed E-state index contributed by atoms with van der Waals surface area (Å²) in [7, 11) is 1.92. The van der Waals surface area contributed by atoms with Gasteiger partial charge in [-0.1, -0.05) is 18.5 Å². The van der Waals surface area contributed by atoms with Gasteiger partial charge in [-0.2, -0.15) is 5.10 Å². The van der Waals surface area contributed by atoms with E-state index in [1.165, 1.54) is 0 Å². The molecule has 0 aromatic carbocycles. The Labute approximate surface area is 113 Å². The van der Waals surface area contributed by atoms with Crippen LogP contribution in [0.15, 0.2) is 0 Å². The molecule has 0 spiro atoms. The summed E-state index contributed by atoms with van der Waals surface area (Å²) in [4.78, 5) is 14.0. The van der Waals surface area contributed by atoms with E-state index in [1.54, 1.807) is 0 Å². The van der Waals surface area contributed by atoms with Gasteiger partial charge in [-0.15, -0.1) is 0 Å². The molecule has 1 aromatic rings. The normalized spacial score (nSPS) is 21.6. The molecule has 1 unspecified atom stereocenters. The fourth-order valence-corrected chi connectivity index (χ4v) is 2.76. The first-order chi connectivity index (χ1) is 8.52.